The zero-order valence-corrected chi connectivity index (χ0v) is 46.7. The number of aliphatic hydroxyl groups is 8. The summed E-state index contributed by atoms with van der Waals surface area (Å²) in [4.78, 5) is 45.9. The molecule has 2 aromatic heterocycles. The molecule has 0 aromatic carbocycles. The second kappa shape index (κ2) is 18.9. The van der Waals surface area contributed by atoms with Gasteiger partial charge >= 0.3 is 5.97 Å². The third kappa shape index (κ3) is 7.01. The number of hydrogen-bond donors (Lipinski definition) is 14. The molecule has 15 N–H and O–H groups in total. The van der Waals surface area contributed by atoms with Crippen LogP contribution in [0.5, 0.6) is 0 Å². The number of rotatable bonds is 10. The van der Waals surface area contributed by atoms with E-state index in [0.29, 0.717) is 63.6 Å². The van der Waals surface area contributed by atoms with Gasteiger partial charge in [-0.15, -0.1) is 0 Å². The molecule has 8 aliphatic carbocycles. The molecule has 5 heterocycles. The van der Waals surface area contributed by atoms with Crippen LogP contribution in [0.3, 0.4) is 0 Å². The number of aliphatic hydroxyl groups excluding tert-OH is 8. The number of amides is 1. The molecule has 2 bridgehead atoms. The van der Waals surface area contributed by atoms with Crippen LogP contribution in [-0.2, 0) is 30.9 Å². The Balaban J connectivity index is 1.06. The molecule has 2 saturated heterocycles. The Kier molecular flexibility index (Phi) is 13.1. The minimum Gasteiger partial charge on any atom is -0.481 e. The quantitative estimate of drug-likeness (QED) is 0.0924. The average Bonchev–Trinajstić information content (AvgIpc) is 0.850. The van der Waals surface area contributed by atoms with Gasteiger partial charge in [-0.25, -0.2) is 9.97 Å². The summed E-state index contributed by atoms with van der Waals surface area (Å²) >= 11 is 0. The summed E-state index contributed by atoms with van der Waals surface area (Å²) in [6, 6.07) is -0.790. The molecule has 2 aromatic rings. The zero-order chi connectivity index (χ0) is 56.5. The number of ether oxygens (including phenoxy) is 2. The lowest BCUT2D eigenvalue weighted by Gasteiger charge is -2.78. The lowest BCUT2D eigenvalue weighted by atomic mass is 9.25. The maximum absolute atomic E-state index is 15.4. The van der Waals surface area contributed by atoms with Gasteiger partial charge in [0.1, 0.15) is 30.4 Å². The fourth-order valence-corrected chi connectivity index (χ4v) is 22.4. The maximum Gasteiger partial charge on any atom is 0.310 e. The summed E-state index contributed by atoms with van der Waals surface area (Å²) in [6.07, 6.45) is 8.26. The van der Waals surface area contributed by atoms with Gasteiger partial charge in [0.05, 0.1) is 72.2 Å². The van der Waals surface area contributed by atoms with Gasteiger partial charge in [-0.3, -0.25) is 9.59 Å². The number of allylic oxidation sites excluding steroid dienone is 3. The van der Waals surface area contributed by atoms with Gasteiger partial charge in [0, 0.05) is 42.8 Å². The SMILES string of the molecule is C[C@]1(CO)CC[C@@]2(C(=O)O)[C@@H](C1)C1=C[C@H]3CCC[C@@]4(CC[C@@H]5[C@](C)(CO)[C@H](O[C@@H]6OC[C@@H](O)[C@H](O)[C@H]6O)[C@H](O)[C@@H]([C@@H]6C=C[C@@](c7cnc[nH]7)([C@H](O)C[C@@H](N)O)[C@@H]7NC(=O)C8(CCCC8)[C@@H]67)[C@]5(C)[C@@H]34)[C@]1(C)[C@@H]1Cc3[nH]cnc3NC[C@@H]12. The summed E-state index contributed by atoms with van der Waals surface area (Å²) in [5, 5.41) is 113. The van der Waals surface area contributed by atoms with Crippen LogP contribution in [0.2, 0.25) is 0 Å². The first-order chi connectivity index (χ1) is 38.1. The monoisotopic (exact) mass is 1110 g/mol. The van der Waals surface area contributed by atoms with Crippen LogP contribution in [0.1, 0.15) is 123 Å². The molecule has 6 saturated carbocycles. The number of nitrogens with zero attached hydrogens (tertiary/aromatic N) is 2. The number of carbonyl (C=O) groups is 2. The molecular weight excluding hydrogens is 1030 g/mol. The van der Waals surface area contributed by atoms with E-state index >= 15 is 4.79 Å². The highest BCUT2D eigenvalue weighted by Gasteiger charge is 2.81. The maximum atomic E-state index is 15.4. The van der Waals surface area contributed by atoms with Gasteiger partial charge in [-0.1, -0.05) is 70.8 Å². The molecule has 13 rings (SSSR count). The number of fused-ring (bicyclic) bond motifs is 10. The standard InChI is InChI=1S/C60H87N7O13/c1-53(25-68)16-17-59(52(77)78)33(21-53)31-18-29-8-7-13-58(56(31,4)32-19-35-49(66-28-64-35)63-22-34(32)59)14-10-37-54(2,26-69)48(80-50-45(75)43(73)36(70)24-79-50)44(74)41(55(37,3)46(29)58)30-9-15-60(38-23-62-27-65-38,39(71)20-40(61)72)47-42(30)57(51(76)67-47)11-5-6-12-57/h9,15,18,23,27-30,32-34,36-37,39-48,50,63,68-75H,5-8,10-14,16-17,19-22,24-26,61H2,1-4H3,(H,62,65)(H,64,66)(H,67,76)(H,77,78)/t29-,30+,32-,33+,34+,36-,37-,39-,40+,41-,42+,43+,44-,45-,46-,47-,48-,50+,53+,54+,55-,56+,58+,59-,60-/m1/s1. The van der Waals surface area contributed by atoms with Crippen LogP contribution in [0.4, 0.5) is 5.82 Å². The van der Waals surface area contributed by atoms with Crippen molar-refractivity contribution in [3.05, 3.63) is 54.0 Å². The Morgan fingerprint density at radius 2 is 1.69 bits per heavy atom. The van der Waals surface area contributed by atoms with Gasteiger partial charge < -0.3 is 81.8 Å². The smallest absolute Gasteiger partial charge is 0.310 e. The van der Waals surface area contributed by atoms with Crippen LogP contribution >= 0.6 is 0 Å². The summed E-state index contributed by atoms with van der Waals surface area (Å²) < 4.78 is 12.9. The Labute approximate surface area is 467 Å². The molecular formula is C60H87N7O13. The number of H-pyrrole nitrogens is 2. The number of carboxylic acid groups (broad SMARTS) is 1. The number of hydrogen-bond acceptors (Lipinski definition) is 16. The third-order valence-corrected chi connectivity index (χ3v) is 25.7. The van der Waals surface area contributed by atoms with Crippen LogP contribution in [-0.4, -0.2) is 159 Å². The average molecular weight is 1110 g/mol. The van der Waals surface area contributed by atoms with Crippen molar-refractivity contribution in [2.75, 3.05) is 31.7 Å². The van der Waals surface area contributed by atoms with Gasteiger partial charge in [-0.2, -0.15) is 0 Å². The summed E-state index contributed by atoms with van der Waals surface area (Å²) in [6.45, 7) is 8.41. The molecule has 11 aliphatic rings. The van der Waals surface area contributed by atoms with Crippen molar-refractivity contribution in [3.8, 4) is 0 Å². The van der Waals surface area contributed by atoms with Crippen molar-refractivity contribution in [1.29, 1.82) is 0 Å². The number of nitrogens with two attached hydrogens (primary N) is 1. The molecule has 25 atom stereocenters. The van der Waals surface area contributed by atoms with E-state index in [-0.39, 0.29) is 61.0 Å². The second-order valence-corrected chi connectivity index (χ2v) is 28.6. The molecule has 20 nitrogen and oxygen atoms in total. The lowest BCUT2D eigenvalue weighted by Crippen LogP contribution is -2.77. The molecule has 1 amide bonds. The molecule has 0 radical (unpaired) electrons. The van der Waals surface area contributed by atoms with Crippen LogP contribution < -0.4 is 16.4 Å². The van der Waals surface area contributed by atoms with Crippen molar-refractivity contribution in [1.82, 2.24) is 25.3 Å². The summed E-state index contributed by atoms with van der Waals surface area (Å²) in [7, 11) is 0. The zero-order valence-electron chi connectivity index (χ0n) is 46.7. The van der Waals surface area contributed by atoms with Crippen molar-refractivity contribution >= 4 is 17.7 Å². The van der Waals surface area contributed by atoms with Gasteiger partial charge in [0.15, 0.2) is 6.29 Å². The van der Waals surface area contributed by atoms with E-state index in [1.807, 2.05) is 13.0 Å². The topological polar surface area (TPSA) is 342 Å². The summed E-state index contributed by atoms with van der Waals surface area (Å²) in [5.74, 6) is -3.73. The number of anilines is 1. The fourth-order valence-electron chi connectivity index (χ4n) is 22.4. The number of aromatic nitrogens is 4. The molecule has 3 aliphatic heterocycles. The number of carbonyl (C=O) groups excluding carboxylic acids is 1. The van der Waals surface area contributed by atoms with Crippen LogP contribution in [0.15, 0.2) is 42.7 Å². The number of aromatic amines is 2. The number of aliphatic carboxylic acids is 1. The number of imidazole rings is 2. The van der Waals surface area contributed by atoms with E-state index in [1.54, 1.807) is 12.5 Å². The highest BCUT2D eigenvalue weighted by Crippen LogP contribution is 2.83. The molecule has 0 unspecified atom stereocenters. The second-order valence-electron chi connectivity index (χ2n) is 28.6. The van der Waals surface area contributed by atoms with E-state index in [9.17, 15) is 50.8 Å². The van der Waals surface area contributed by atoms with Gasteiger partial charge in [0.25, 0.3) is 0 Å². The van der Waals surface area contributed by atoms with Crippen LogP contribution in [0, 0.1) is 91.2 Å². The van der Waals surface area contributed by atoms with E-state index in [2.05, 4.69) is 58.5 Å². The first-order valence-electron chi connectivity index (χ1n) is 30.1. The Bertz CT molecular complexity index is 2790. The van der Waals surface area contributed by atoms with Gasteiger partial charge in [-0.05, 0) is 133 Å². The molecule has 8 fully saturated rings. The van der Waals surface area contributed by atoms with Crippen molar-refractivity contribution in [3.63, 3.8) is 0 Å². The largest absolute Gasteiger partial charge is 0.481 e. The van der Waals surface area contributed by atoms with E-state index in [0.717, 1.165) is 43.6 Å². The first kappa shape index (κ1) is 55.4. The predicted octanol–water partition coefficient (Wildman–Crippen LogP) is 2.62. The van der Waals surface area contributed by atoms with Crippen molar-refractivity contribution in [2.45, 2.75) is 178 Å². The van der Waals surface area contributed by atoms with Crippen LogP contribution in [0.25, 0.3) is 0 Å². The minimum atomic E-state index is -1.70. The normalized spacial score (nSPS) is 50.4. The predicted molar refractivity (Wildman–Crippen MR) is 288 cm³/mol. The lowest BCUT2D eigenvalue weighted by molar-refractivity contribution is -0.350. The van der Waals surface area contributed by atoms with Crippen molar-refractivity contribution < 1.29 is 65.0 Å². The molecule has 440 valence electrons. The fraction of sp³-hybridized carbons (Fsp3) is 0.800. The van der Waals surface area contributed by atoms with Gasteiger partial charge in [0.2, 0.25) is 5.91 Å². The van der Waals surface area contributed by atoms with E-state index < -0.39 is 129 Å². The number of carboxylic acids is 1. The van der Waals surface area contributed by atoms with E-state index in [4.69, 9.17) is 20.2 Å². The molecule has 20 heteroatoms. The third-order valence-electron chi connectivity index (χ3n) is 25.7. The molecule has 1 spiro atoms. The molecule has 80 heavy (non-hydrogen) atoms. The number of nitrogens with one attached hydrogen (secondary N) is 4. The minimum absolute atomic E-state index is 0.0621. The van der Waals surface area contributed by atoms with E-state index in [1.165, 1.54) is 11.9 Å². The highest BCUT2D eigenvalue weighted by molar-refractivity contribution is 5.87. The Hall–Kier alpha value is -3.80. The Morgan fingerprint density at radius 3 is 2.39 bits per heavy atom. The Morgan fingerprint density at radius 1 is 0.912 bits per heavy atom. The summed E-state index contributed by atoms with van der Waals surface area (Å²) in [5.41, 5.74) is 1.52. The highest BCUT2D eigenvalue weighted by atomic mass is 16.7. The van der Waals surface area contributed by atoms with Crippen molar-refractivity contribution in [2.24, 2.45) is 96.9 Å². The first-order valence-corrected chi connectivity index (χ1v) is 30.1.